The third-order valence-corrected chi connectivity index (χ3v) is 6.32. The molecular formula is C25H26N6O2. The standard InChI is InChI=1S/C25H26N6O2/c1-28-22-16-20(27-24(32)18-8-10-26-11-9-18)21(17-23(22)29(2)25(28)33)31-14-12-30(13-15-31)19-6-4-3-5-7-19/h3-11,16-17H,12-15H2,1-2H3,(H,27,32). The van der Waals surface area contributed by atoms with Crippen LogP contribution in [0.5, 0.6) is 0 Å². The highest BCUT2D eigenvalue weighted by Crippen LogP contribution is 2.32. The predicted molar refractivity (Wildman–Crippen MR) is 131 cm³/mol. The Balaban J connectivity index is 1.50. The first-order chi connectivity index (χ1) is 16.0. The van der Waals surface area contributed by atoms with Crippen LogP contribution in [0.2, 0.25) is 0 Å². The van der Waals surface area contributed by atoms with Crippen molar-refractivity contribution in [2.75, 3.05) is 41.3 Å². The van der Waals surface area contributed by atoms with Crippen LogP contribution in [0.3, 0.4) is 0 Å². The lowest BCUT2D eigenvalue weighted by Crippen LogP contribution is -2.46. The molecule has 2 aromatic carbocycles. The van der Waals surface area contributed by atoms with E-state index < -0.39 is 0 Å². The Hall–Kier alpha value is -4.07. The van der Waals surface area contributed by atoms with Gasteiger partial charge in [0.25, 0.3) is 5.91 Å². The summed E-state index contributed by atoms with van der Waals surface area (Å²) in [5.74, 6) is -0.207. The number of nitrogens with zero attached hydrogens (tertiary/aromatic N) is 5. The first-order valence-electron chi connectivity index (χ1n) is 11.0. The van der Waals surface area contributed by atoms with Crippen molar-refractivity contribution in [2.45, 2.75) is 0 Å². The van der Waals surface area contributed by atoms with Gasteiger partial charge in [-0.2, -0.15) is 0 Å². The number of amides is 1. The number of aryl methyl sites for hydroxylation is 2. The van der Waals surface area contributed by atoms with Crippen LogP contribution in [0.1, 0.15) is 10.4 Å². The summed E-state index contributed by atoms with van der Waals surface area (Å²) in [7, 11) is 3.52. The van der Waals surface area contributed by atoms with Crippen LogP contribution in [0, 0.1) is 0 Å². The summed E-state index contributed by atoms with van der Waals surface area (Å²) < 4.78 is 3.25. The topological polar surface area (TPSA) is 75.4 Å². The third kappa shape index (κ3) is 3.84. The van der Waals surface area contributed by atoms with E-state index in [0.717, 1.165) is 42.9 Å². The normalized spacial score (nSPS) is 14.0. The number of rotatable bonds is 4. The van der Waals surface area contributed by atoms with Gasteiger partial charge in [0.05, 0.1) is 22.4 Å². The van der Waals surface area contributed by atoms with Crippen molar-refractivity contribution in [1.29, 1.82) is 0 Å². The average Bonchev–Trinajstić information content (AvgIpc) is 3.08. The van der Waals surface area contributed by atoms with Crippen molar-refractivity contribution in [3.8, 4) is 0 Å². The number of imidazole rings is 1. The number of anilines is 3. The molecule has 168 valence electrons. The largest absolute Gasteiger partial charge is 0.368 e. The summed E-state index contributed by atoms with van der Waals surface area (Å²) >= 11 is 0. The van der Waals surface area contributed by atoms with Crippen molar-refractivity contribution >= 4 is 34.0 Å². The molecule has 1 N–H and O–H groups in total. The Labute approximate surface area is 191 Å². The van der Waals surface area contributed by atoms with Gasteiger partial charge in [0.1, 0.15) is 0 Å². The predicted octanol–water partition coefficient (Wildman–Crippen LogP) is 2.85. The number of para-hydroxylation sites is 1. The van der Waals surface area contributed by atoms with Crippen LogP contribution in [0.4, 0.5) is 17.1 Å². The summed E-state index contributed by atoms with van der Waals surface area (Å²) in [6.45, 7) is 3.35. The SMILES string of the molecule is Cn1c(=O)n(C)c2cc(N3CCN(c4ccccc4)CC3)c(NC(=O)c3ccncc3)cc21. The van der Waals surface area contributed by atoms with Crippen LogP contribution in [0.25, 0.3) is 11.0 Å². The first kappa shape index (κ1) is 20.8. The monoisotopic (exact) mass is 442 g/mol. The Morgan fingerprint density at radius 3 is 2.12 bits per heavy atom. The zero-order chi connectivity index (χ0) is 22.9. The van der Waals surface area contributed by atoms with Crippen molar-refractivity contribution in [1.82, 2.24) is 14.1 Å². The van der Waals surface area contributed by atoms with Gasteiger partial charge in [-0.15, -0.1) is 0 Å². The zero-order valence-corrected chi connectivity index (χ0v) is 18.7. The van der Waals surface area contributed by atoms with Gasteiger partial charge in [0.15, 0.2) is 0 Å². The number of aromatic nitrogens is 3. The van der Waals surface area contributed by atoms with Crippen molar-refractivity contribution in [3.05, 3.63) is 83.0 Å². The van der Waals surface area contributed by atoms with Gasteiger partial charge < -0.3 is 15.1 Å². The second kappa shape index (κ2) is 8.46. The zero-order valence-electron chi connectivity index (χ0n) is 18.7. The summed E-state index contributed by atoms with van der Waals surface area (Å²) in [5.41, 5.74) is 4.88. The van der Waals surface area contributed by atoms with E-state index in [1.807, 2.05) is 18.2 Å². The van der Waals surface area contributed by atoms with Gasteiger partial charge in [0.2, 0.25) is 0 Å². The number of hydrogen-bond donors (Lipinski definition) is 1. The minimum atomic E-state index is -0.207. The van der Waals surface area contributed by atoms with E-state index in [1.54, 1.807) is 47.8 Å². The maximum atomic E-state index is 12.9. The lowest BCUT2D eigenvalue weighted by atomic mass is 10.1. The maximum Gasteiger partial charge on any atom is 0.328 e. The minimum Gasteiger partial charge on any atom is -0.368 e. The molecule has 0 spiro atoms. The Bertz CT molecular complexity index is 1350. The Morgan fingerprint density at radius 2 is 1.45 bits per heavy atom. The van der Waals surface area contributed by atoms with Crippen LogP contribution < -0.4 is 20.8 Å². The lowest BCUT2D eigenvalue weighted by molar-refractivity contribution is 0.102. The van der Waals surface area contributed by atoms with Crippen molar-refractivity contribution in [2.24, 2.45) is 14.1 Å². The molecule has 5 rings (SSSR count). The van der Waals surface area contributed by atoms with Crippen LogP contribution in [-0.4, -0.2) is 46.2 Å². The fourth-order valence-electron chi connectivity index (χ4n) is 4.44. The molecule has 4 aromatic rings. The molecule has 3 heterocycles. The molecule has 8 heteroatoms. The summed E-state index contributed by atoms with van der Waals surface area (Å²) in [6.07, 6.45) is 3.20. The van der Waals surface area contributed by atoms with E-state index in [2.05, 4.69) is 44.4 Å². The maximum absolute atomic E-state index is 12.9. The van der Waals surface area contributed by atoms with Gasteiger partial charge in [-0.1, -0.05) is 18.2 Å². The second-order valence-electron chi connectivity index (χ2n) is 8.26. The summed E-state index contributed by atoms with van der Waals surface area (Å²) in [5, 5.41) is 3.07. The molecular weight excluding hydrogens is 416 g/mol. The Kier molecular flexibility index (Phi) is 5.34. The highest BCUT2D eigenvalue weighted by molar-refractivity contribution is 6.07. The van der Waals surface area contributed by atoms with Crippen molar-refractivity contribution in [3.63, 3.8) is 0 Å². The molecule has 0 radical (unpaired) electrons. The number of nitrogens with one attached hydrogen (secondary N) is 1. The number of pyridine rings is 1. The molecule has 0 aliphatic carbocycles. The fourth-order valence-corrected chi connectivity index (χ4v) is 4.44. The van der Waals surface area contributed by atoms with E-state index in [1.165, 1.54) is 5.69 Å². The van der Waals surface area contributed by atoms with E-state index in [-0.39, 0.29) is 11.6 Å². The van der Waals surface area contributed by atoms with E-state index in [4.69, 9.17) is 0 Å². The summed E-state index contributed by atoms with van der Waals surface area (Å²) in [4.78, 5) is 34.1. The molecule has 2 aromatic heterocycles. The van der Waals surface area contributed by atoms with Gasteiger partial charge in [-0.05, 0) is 36.4 Å². The molecule has 1 aliphatic rings. The molecule has 0 unspecified atom stereocenters. The number of carbonyl (C=O) groups excluding carboxylic acids is 1. The van der Waals surface area contributed by atoms with Crippen molar-refractivity contribution < 1.29 is 4.79 Å². The molecule has 1 aliphatic heterocycles. The fraction of sp³-hybridized carbons (Fsp3) is 0.240. The smallest absolute Gasteiger partial charge is 0.328 e. The first-order valence-corrected chi connectivity index (χ1v) is 11.0. The van der Waals surface area contributed by atoms with E-state index in [9.17, 15) is 9.59 Å². The van der Waals surface area contributed by atoms with Crippen LogP contribution >= 0.6 is 0 Å². The summed E-state index contributed by atoms with van der Waals surface area (Å²) in [6, 6.07) is 17.7. The highest BCUT2D eigenvalue weighted by Gasteiger charge is 2.23. The number of fused-ring (bicyclic) bond motifs is 1. The lowest BCUT2D eigenvalue weighted by Gasteiger charge is -2.38. The number of benzene rings is 2. The van der Waals surface area contributed by atoms with Gasteiger partial charge in [-0.3, -0.25) is 18.9 Å². The average molecular weight is 443 g/mol. The van der Waals surface area contributed by atoms with E-state index in [0.29, 0.717) is 11.3 Å². The number of hydrogen-bond acceptors (Lipinski definition) is 5. The molecule has 1 amide bonds. The molecule has 8 nitrogen and oxygen atoms in total. The van der Waals surface area contributed by atoms with Crippen LogP contribution in [0.15, 0.2) is 71.8 Å². The number of piperazine rings is 1. The molecule has 1 fully saturated rings. The van der Waals surface area contributed by atoms with Gasteiger partial charge in [-0.25, -0.2) is 4.79 Å². The Morgan fingerprint density at radius 1 is 0.848 bits per heavy atom. The molecule has 0 atom stereocenters. The highest BCUT2D eigenvalue weighted by atomic mass is 16.2. The molecule has 0 saturated carbocycles. The van der Waals surface area contributed by atoms with Gasteiger partial charge >= 0.3 is 5.69 Å². The van der Waals surface area contributed by atoms with Gasteiger partial charge in [0, 0.05) is 63.9 Å². The molecule has 1 saturated heterocycles. The van der Waals surface area contributed by atoms with E-state index >= 15 is 0 Å². The quantitative estimate of drug-likeness (QED) is 0.526. The number of carbonyl (C=O) groups is 1. The second-order valence-corrected chi connectivity index (χ2v) is 8.26. The van der Waals surface area contributed by atoms with Crippen LogP contribution in [-0.2, 0) is 14.1 Å². The molecule has 33 heavy (non-hydrogen) atoms. The third-order valence-electron chi connectivity index (χ3n) is 6.32. The molecule has 0 bridgehead atoms. The minimum absolute atomic E-state index is 0.0949.